The number of rotatable bonds is 7. The van der Waals surface area contributed by atoms with Gasteiger partial charge in [-0.3, -0.25) is 29.4 Å². The van der Waals surface area contributed by atoms with E-state index >= 15 is 0 Å². The Kier molecular flexibility index (Phi) is 8.31. The summed E-state index contributed by atoms with van der Waals surface area (Å²) >= 11 is 0. The van der Waals surface area contributed by atoms with E-state index in [4.69, 9.17) is 0 Å². The zero-order chi connectivity index (χ0) is 32.5. The molecule has 10 nitrogen and oxygen atoms in total. The number of piperidine rings is 1. The number of imide groups is 1. The van der Waals surface area contributed by atoms with Crippen molar-refractivity contribution < 1.29 is 19.2 Å². The van der Waals surface area contributed by atoms with Crippen LogP contribution < -0.4 is 10.6 Å². The highest BCUT2D eigenvalue weighted by molar-refractivity contribution is 6.06. The number of hydrogen-bond donors (Lipinski definition) is 3. The summed E-state index contributed by atoms with van der Waals surface area (Å²) in [6.07, 6.45) is 7.01. The van der Waals surface area contributed by atoms with Crippen molar-refractivity contribution in [3.8, 4) is 11.8 Å². The van der Waals surface area contributed by atoms with Crippen LogP contribution in [0.3, 0.4) is 0 Å². The summed E-state index contributed by atoms with van der Waals surface area (Å²) in [4.78, 5) is 61.8. The number of anilines is 1. The number of aryl methyl sites for hydroxylation is 1. The molecule has 0 bridgehead atoms. The number of nitrogens with zero attached hydrogens (tertiary/aromatic N) is 3. The topological polar surface area (TPSA) is 128 Å². The second-order valence-corrected chi connectivity index (χ2v) is 12.6. The minimum absolute atomic E-state index is 0.200. The van der Waals surface area contributed by atoms with Gasteiger partial charge in [-0.25, -0.2) is 4.98 Å². The molecule has 0 radical (unpaired) electrons. The quantitative estimate of drug-likeness (QED) is 0.155. The Morgan fingerprint density at radius 2 is 1.91 bits per heavy atom. The van der Waals surface area contributed by atoms with E-state index in [9.17, 15) is 19.2 Å². The molecule has 3 aliphatic rings. The van der Waals surface area contributed by atoms with E-state index in [0.717, 1.165) is 53.4 Å². The Labute approximate surface area is 272 Å². The lowest BCUT2D eigenvalue weighted by molar-refractivity contribution is -0.136. The zero-order valence-corrected chi connectivity index (χ0v) is 26.3. The van der Waals surface area contributed by atoms with Crippen LogP contribution in [-0.2, 0) is 22.6 Å². The van der Waals surface area contributed by atoms with Crippen molar-refractivity contribution in [3.63, 3.8) is 0 Å². The summed E-state index contributed by atoms with van der Waals surface area (Å²) in [5, 5.41) is 6.29. The molecule has 0 aliphatic carbocycles. The molecule has 2 aromatic carbocycles. The molecule has 7 rings (SSSR count). The normalized spacial score (nSPS) is 19.4. The monoisotopic (exact) mass is 628 g/mol. The number of amides is 4. The molecule has 2 saturated heterocycles. The first-order chi connectivity index (χ1) is 22.8. The SMILES string of the molecule is CN1CCC[C@@H]1c1cc2cnc(NC(=O)c3ccc(CCCC#Cc4cccc5c4CN(C4CCC(=O)NC4=O)C5=O)cc3)cc2[nH]1. The van der Waals surface area contributed by atoms with Gasteiger partial charge in [-0.2, -0.15) is 0 Å². The molecule has 2 fully saturated rings. The number of nitrogens with one attached hydrogen (secondary N) is 3. The Bertz CT molecular complexity index is 1950. The van der Waals surface area contributed by atoms with Gasteiger partial charge < -0.3 is 15.2 Å². The maximum absolute atomic E-state index is 13.0. The van der Waals surface area contributed by atoms with Crippen LogP contribution in [-0.4, -0.2) is 63.0 Å². The van der Waals surface area contributed by atoms with Crippen molar-refractivity contribution in [3.05, 3.63) is 94.3 Å². The Hall–Kier alpha value is -5.27. The lowest BCUT2D eigenvalue weighted by Crippen LogP contribution is -2.52. The highest BCUT2D eigenvalue weighted by Gasteiger charge is 2.39. The van der Waals surface area contributed by atoms with Gasteiger partial charge in [-0.05, 0) is 87.2 Å². The molecule has 4 amide bonds. The van der Waals surface area contributed by atoms with Crippen LogP contribution in [0.2, 0.25) is 0 Å². The smallest absolute Gasteiger partial charge is 0.256 e. The molecular formula is C37H36N6O4. The molecule has 1 unspecified atom stereocenters. The van der Waals surface area contributed by atoms with Crippen LogP contribution in [0.25, 0.3) is 10.9 Å². The Balaban J connectivity index is 0.917. The van der Waals surface area contributed by atoms with E-state index in [1.54, 1.807) is 17.2 Å². The van der Waals surface area contributed by atoms with E-state index in [-0.39, 0.29) is 24.1 Å². The highest BCUT2D eigenvalue weighted by Crippen LogP contribution is 2.32. The third-order valence-electron chi connectivity index (χ3n) is 9.43. The fraction of sp³-hybridized carbons (Fsp3) is 0.324. The molecule has 47 heavy (non-hydrogen) atoms. The van der Waals surface area contributed by atoms with Crippen molar-refractivity contribution in [2.24, 2.45) is 0 Å². The average Bonchev–Trinajstić information content (AvgIpc) is 3.78. The number of benzene rings is 2. The first-order valence-corrected chi connectivity index (χ1v) is 16.2. The van der Waals surface area contributed by atoms with E-state index in [2.05, 4.69) is 50.5 Å². The van der Waals surface area contributed by atoms with Gasteiger partial charge in [0.05, 0.1) is 5.52 Å². The Morgan fingerprint density at radius 1 is 1.06 bits per heavy atom. The molecule has 0 spiro atoms. The van der Waals surface area contributed by atoms with E-state index in [1.807, 2.05) is 42.5 Å². The van der Waals surface area contributed by atoms with Crippen molar-refractivity contribution in [2.45, 2.75) is 63.6 Å². The average molecular weight is 629 g/mol. The second kappa shape index (κ2) is 12.9. The third-order valence-corrected chi connectivity index (χ3v) is 9.43. The standard InChI is InChI=1S/C37H36N6O4/c1-42-18-6-11-31(42)30-19-26-21-38-33(20-29(26)39-30)40-35(45)25-14-12-23(13-15-25)7-3-2-4-8-24-9-5-10-27-28(24)22-43(37(27)47)32-16-17-34(44)41-36(32)46/h5,9-10,12-15,19-21,31-32,39H,2-3,6-7,11,16-18,22H2,1H3,(H,38,40,45)(H,41,44,46)/t31-,32?/m1/s1. The highest BCUT2D eigenvalue weighted by atomic mass is 16.2. The van der Waals surface area contributed by atoms with Crippen LogP contribution in [0, 0.1) is 11.8 Å². The maximum atomic E-state index is 13.0. The van der Waals surface area contributed by atoms with Crippen LogP contribution in [0.15, 0.2) is 60.8 Å². The minimum atomic E-state index is -0.645. The molecular weight excluding hydrogens is 592 g/mol. The Morgan fingerprint density at radius 3 is 2.70 bits per heavy atom. The van der Waals surface area contributed by atoms with Gasteiger partial charge in [0, 0.05) is 65.5 Å². The number of unbranched alkanes of at least 4 members (excludes halogenated alkanes) is 1. The zero-order valence-electron chi connectivity index (χ0n) is 26.3. The number of carbonyl (C=O) groups is 4. The minimum Gasteiger partial charge on any atom is -0.357 e. The number of aromatic nitrogens is 2. The predicted molar refractivity (Wildman–Crippen MR) is 177 cm³/mol. The number of carbonyl (C=O) groups excluding carboxylic acids is 4. The third kappa shape index (κ3) is 6.27. The van der Waals surface area contributed by atoms with Gasteiger partial charge in [-0.15, -0.1) is 0 Å². The molecule has 2 aromatic heterocycles. The molecule has 5 heterocycles. The summed E-state index contributed by atoms with van der Waals surface area (Å²) in [5.41, 5.74) is 6.00. The fourth-order valence-electron chi connectivity index (χ4n) is 6.85. The number of fused-ring (bicyclic) bond motifs is 2. The van der Waals surface area contributed by atoms with Crippen LogP contribution in [0.1, 0.15) is 87.7 Å². The van der Waals surface area contributed by atoms with Crippen LogP contribution in [0.4, 0.5) is 5.82 Å². The van der Waals surface area contributed by atoms with E-state index in [0.29, 0.717) is 42.4 Å². The van der Waals surface area contributed by atoms with Crippen molar-refractivity contribution in [2.75, 3.05) is 18.9 Å². The summed E-state index contributed by atoms with van der Waals surface area (Å²) in [6.45, 7) is 1.41. The summed E-state index contributed by atoms with van der Waals surface area (Å²) in [5.74, 6) is 5.84. The van der Waals surface area contributed by atoms with Gasteiger partial charge in [0.2, 0.25) is 11.8 Å². The van der Waals surface area contributed by atoms with Crippen LogP contribution in [0.5, 0.6) is 0 Å². The molecule has 10 heteroatoms. The van der Waals surface area contributed by atoms with Crippen molar-refractivity contribution in [1.29, 1.82) is 0 Å². The molecule has 3 aliphatic heterocycles. The first kappa shape index (κ1) is 30.4. The molecule has 3 N–H and O–H groups in total. The summed E-state index contributed by atoms with van der Waals surface area (Å²) in [6, 6.07) is 16.8. The number of hydrogen-bond acceptors (Lipinski definition) is 6. The van der Waals surface area contributed by atoms with E-state index in [1.165, 1.54) is 12.1 Å². The molecule has 0 saturated carbocycles. The van der Waals surface area contributed by atoms with Crippen LogP contribution >= 0.6 is 0 Å². The predicted octanol–water partition coefficient (Wildman–Crippen LogP) is 4.72. The fourth-order valence-corrected chi connectivity index (χ4v) is 6.85. The molecule has 2 atom stereocenters. The lowest BCUT2D eigenvalue weighted by atomic mass is 10.0. The van der Waals surface area contributed by atoms with Gasteiger partial charge in [0.1, 0.15) is 11.9 Å². The first-order valence-electron chi connectivity index (χ1n) is 16.2. The van der Waals surface area contributed by atoms with Crippen molar-refractivity contribution in [1.82, 2.24) is 25.1 Å². The summed E-state index contributed by atoms with van der Waals surface area (Å²) in [7, 11) is 2.15. The number of pyridine rings is 1. The van der Waals surface area contributed by atoms with Crippen molar-refractivity contribution >= 4 is 40.3 Å². The molecule has 238 valence electrons. The van der Waals surface area contributed by atoms with Gasteiger partial charge in [-0.1, -0.05) is 30.0 Å². The number of aromatic amines is 1. The number of H-pyrrole nitrogens is 1. The van der Waals surface area contributed by atoms with Gasteiger partial charge >= 0.3 is 0 Å². The second-order valence-electron chi connectivity index (χ2n) is 12.6. The van der Waals surface area contributed by atoms with Gasteiger partial charge in [0.25, 0.3) is 11.8 Å². The lowest BCUT2D eigenvalue weighted by Gasteiger charge is -2.29. The van der Waals surface area contributed by atoms with E-state index < -0.39 is 11.9 Å². The largest absolute Gasteiger partial charge is 0.357 e. The molecule has 4 aromatic rings. The summed E-state index contributed by atoms with van der Waals surface area (Å²) < 4.78 is 0. The maximum Gasteiger partial charge on any atom is 0.256 e. The van der Waals surface area contributed by atoms with Gasteiger partial charge in [0.15, 0.2) is 0 Å². The number of likely N-dealkylation sites (tertiary alicyclic amines) is 1.